The van der Waals surface area contributed by atoms with Crippen LogP contribution in [0.3, 0.4) is 0 Å². The second kappa shape index (κ2) is 5.66. The van der Waals surface area contributed by atoms with Crippen molar-refractivity contribution in [1.82, 2.24) is 0 Å². The fourth-order valence-electron chi connectivity index (χ4n) is 1.46. The molecule has 4 nitrogen and oxygen atoms in total. The van der Waals surface area contributed by atoms with Crippen molar-refractivity contribution >= 4 is 44.6 Å². The molecule has 6 heteroatoms. The Kier molecular flexibility index (Phi) is 4.18. The van der Waals surface area contributed by atoms with Crippen molar-refractivity contribution in [2.24, 2.45) is 0 Å². The lowest BCUT2D eigenvalue weighted by Gasteiger charge is -2.06. The smallest absolute Gasteiger partial charge is 0.324 e. The summed E-state index contributed by atoms with van der Waals surface area (Å²) in [4.78, 5) is 10.2. The minimum Gasteiger partial charge on any atom is -0.381 e. The van der Waals surface area contributed by atoms with Crippen LogP contribution in [0.5, 0.6) is 0 Å². The average Bonchev–Trinajstić information content (AvgIpc) is 2.79. The van der Waals surface area contributed by atoms with E-state index in [1.54, 1.807) is 6.07 Å². The number of nitrogens with one attached hydrogen (secondary N) is 1. The molecule has 0 radical (unpaired) electrons. The van der Waals surface area contributed by atoms with Gasteiger partial charge in [0, 0.05) is 27.2 Å². The summed E-state index contributed by atoms with van der Waals surface area (Å²) in [6, 6.07) is 7.74. The van der Waals surface area contributed by atoms with Gasteiger partial charge in [-0.15, -0.1) is 0 Å². The van der Waals surface area contributed by atoms with Gasteiger partial charge in [0.25, 0.3) is 0 Å². The molecular formula is C12H11IN2O2S. The predicted molar refractivity (Wildman–Crippen MR) is 82.2 cm³/mol. The Bertz CT molecular complexity index is 583. The molecule has 0 fully saturated rings. The van der Waals surface area contributed by atoms with Gasteiger partial charge >= 0.3 is 5.00 Å². The van der Waals surface area contributed by atoms with E-state index in [4.69, 9.17) is 0 Å². The third-order valence-electron chi connectivity index (χ3n) is 2.49. The number of nitrogens with zero attached hydrogens (tertiary/aromatic N) is 1. The van der Waals surface area contributed by atoms with Gasteiger partial charge in [-0.25, -0.2) is 0 Å². The van der Waals surface area contributed by atoms with Gasteiger partial charge in [-0.05, 0) is 52.8 Å². The Hall–Kier alpha value is -1.15. The molecule has 2 rings (SSSR count). The molecule has 0 saturated heterocycles. The van der Waals surface area contributed by atoms with E-state index in [0.29, 0.717) is 6.54 Å². The van der Waals surface area contributed by atoms with Gasteiger partial charge in [0.15, 0.2) is 0 Å². The minimum absolute atomic E-state index is 0.185. The minimum atomic E-state index is -0.358. The SMILES string of the molecule is Cc1ccc(NCc2csc([N+](=O)[O-])c2)cc1I. The molecule has 0 unspecified atom stereocenters. The van der Waals surface area contributed by atoms with Crippen LogP contribution in [0.4, 0.5) is 10.7 Å². The Morgan fingerprint density at radius 2 is 2.22 bits per heavy atom. The van der Waals surface area contributed by atoms with Gasteiger partial charge in [-0.2, -0.15) is 0 Å². The highest BCUT2D eigenvalue weighted by molar-refractivity contribution is 14.1. The van der Waals surface area contributed by atoms with E-state index >= 15 is 0 Å². The van der Waals surface area contributed by atoms with Crippen molar-refractivity contribution in [2.45, 2.75) is 13.5 Å². The van der Waals surface area contributed by atoms with Crippen molar-refractivity contribution in [1.29, 1.82) is 0 Å². The second-order valence-electron chi connectivity index (χ2n) is 3.87. The summed E-state index contributed by atoms with van der Waals surface area (Å²) in [5, 5.41) is 15.8. The molecule has 0 amide bonds. The largest absolute Gasteiger partial charge is 0.381 e. The molecule has 94 valence electrons. The van der Waals surface area contributed by atoms with Gasteiger partial charge in [0.2, 0.25) is 0 Å². The topological polar surface area (TPSA) is 55.2 Å². The van der Waals surface area contributed by atoms with Gasteiger partial charge in [0.1, 0.15) is 0 Å². The zero-order chi connectivity index (χ0) is 13.1. The third kappa shape index (κ3) is 3.20. The zero-order valence-corrected chi connectivity index (χ0v) is 12.6. The molecule has 0 aliphatic carbocycles. The number of anilines is 1. The van der Waals surface area contributed by atoms with E-state index in [0.717, 1.165) is 22.6 Å². The maximum Gasteiger partial charge on any atom is 0.324 e. The molecule has 1 heterocycles. The maximum atomic E-state index is 10.6. The van der Waals surface area contributed by atoms with Crippen LogP contribution in [-0.2, 0) is 6.54 Å². The van der Waals surface area contributed by atoms with Crippen LogP contribution in [0.25, 0.3) is 0 Å². The maximum absolute atomic E-state index is 10.6. The van der Waals surface area contributed by atoms with Gasteiger partial charge < -0.3 is 5.32 Å². The van der Waals surface area contributed by atoms with Gasteiger partial charge in [0.05, 0.1) is 4.92 Å². The molecule has 0 saturated carbocycles. The summed E-state index contributed by atoms with van der Waals surface area (Å²) < 4.78 is 1.20. The first-order chi connectivity index (χ1) is 8.56. The van der Waals surface area contributed by atoms with E-state index in [-0.39, 0.29) is 9.92 Å². The molecule has 0 bridgehead atoms. The second-order valence-corrected chi connectivity index (χ2v) is 5.92. The van der Waals surface area contributed by atoms with Crippen molar-refractivity contribution < 1.29 is 4.92 Å². The summed E-state index contributed by atoms with van der Waals surface area (Å²) in [5.74, 6) is 0. The quantitative estimate of drug-likeness (QED) is 0.496. The number of aryl methyl sites for hydroxylation is 1. The fraction of sp³-hybridized carbons (Fsp3) is 0.167. The molecule has 2 aromatic rings. The highest BCUT2D eigenvalue weighted by Gasteiger charge is 2.09. The lowest BCUT2D eigenvalue weighted by molar-refractivity contribution is -0.380. The van der Waals surface area contributed by atoms with E-state index in [9.17, 15) is 10.1 Å². The summed E-state index contributed by atoms with van der Waals surface area (Å²) in [6.07, 6.45) is 0. The lowest BCUT2D eigenvalue weighted by Crippen LogP contribution is -1.98. The fourth-order valence-corrected chi connectivity index (χ4v) is 2.70. The van der Waals surface area contributed by atoms with Crippen molar-refractivity contribution in [3.05, 3.63) is 54.5 Å². The van der Waals surface area contributed by atoms with Crippen LogP contribution in [-0.4, -0.2) is 4.92 Å². The summed E-state index contributed by atoms with van der Waals surface area (Å²) in [6.45, 7) is 2.66. The Morgan fingerprint density at radius 1 is 1.44 bits per heavy atom. The molecular weight excluding hydrogens is 363 g/mol. The van der Waals surface area contributed by atoms with Crippen LogP contribution < -0.4 is 5.32 Å². The van der Waals surface area contributed by atoms with Crippen LogP contribution in [0.2, 0.25) is 0 Å². The molecule has 0 spiro atoms. The van der Waals surface area contributed by atoms with Crippen molar-refractivity contribution in [3.8, 4) is 0 Å². The Balaban J connectivity index is 2.02. The van der Waals surface area contributed by atoms with Crippen LogP contribution in [0, 0.1) is 20.6 Å². The number of benzene rings is 1. The van der Waals surface area contributed by atoms with Gasteiger partial charge in [-0.1, -0.05) is 17.4 Å². The molecule has 1 aromatic heterocycles. The monoisotopic (exact) mass is 374 g/mol. The standard InChI is InChI=1S/C12H11IN2O2S/c1-8-2-3-10(5-11(8)13)14-6-9-4-12(15(16)17)18-7-9/h2-5,7,14H,6H2,1H3. The highest BCUT2D eigenvalue weighted by Crippen LogP contribution is 2.24. The molecule has 0 atom stereocenters. The number of rotatable bonds is 4. The number of thiophene rings is 1. The highest BCUT2D eigenvalue weighted by atomic mass is 127. The first-order valence-electron chi connectivity index (χ1n) is 5.28. The van der Waals surface area contributed by atoms with E-state index in [1.165, 1.54) is 9.13 Å². The van der Waals surface area contributed by atoms with Crippen molar-refractivity contribution in [2.75, 3.05) is 5.32 Å². The predicted octanol–water partition coefficient (Wildman–Crippen LogP) is 4.18. The number of hydrogen-bond acceptors (Lipinski definition) is 4. The molecule has 1 N–H and O–H groups in total. The number of halogens is 1. The first-order valence-corrected chi connectivity index (χ1v) is 7.24. The number of nitro groups is 1. The summed E-state index contributed by atoms with van der Waals surface area (Å²) in [7, 11) is 0. The number of hydrogen-bond donors (Lipinski definition) is 1. The summed E-state index contributed by atoms with van der Waals surface area (Å²) >= 11 is 3.45. The van der Waals surface area contributed by atoms with Crippen LogP contribution >= 0.6 is 33.9 Å². The average molecular weight is 374 g/mol. The third-order valence-corrected chi connectivity index (χ3v) is 4.58. The Morgan fingerprint density at radius 3 is 2.83 bits per heavy atom. The van der Waals surface area contributed by atoms with Gasteiger partial charge in [-0.3, -0.25) is 10.1 Å². The van der Waals surface area contributed by atoms with E-state index in [1.807, 2.05) is 11.4 Å². The molecule has 0 aliphatic heterocycles. The first kappa shape index (κ1) is 13.3. The van der Waals surface area contributed by atoms with Crippen LogP contribution in [0.1, 0.15) is 11.1 Å². The molecule has 18 heavy (non-hydrogen) atoms. The normalized spacial score (nSPS) is 10.3. The van der Waals surface area contributed by atoms with E-state index in [2.05, 4.69) is 47.0 Å². The van der Waals surface area contributed by atoms with Crippen molar-refractivity contribution in [3.63, 3.8) is 0 Å². The summed E-state index contributed by atoms with van der Waals surface area (Å²) in [5.41, 5.74) is 3.20. The molecule has 1 aromatic carbocycles. The molecule has 0 aliphatic rings. The van der Waals surface area contributed by atoms with E-state index < -0.39 is 0 Å². The lowest BCUT2D eigenvalue weighted by atomic mass is 10.2. The zero-order valence-electron chi connectivity index (χ0n) is 9.64. The Labute approximate surface area is 122 Å². The van der Waals surface area contributed by atoms with Crippen LogP contribution in [0.15, 0.2) is 29.6 Å².